The van der Waals surface area contributed by atoms with Gasteiger partial charge < -0.3 is 0 Å². The topological polar surface area (TPSA) is 52.9 Å². The molecule has 0 aliphatic heterocycles. The summed E-state index contributed by atoms with van der Waals surface area (Å²) < 4.78 is 0. The predicted molar refractivity (Wildman–Crippen MR) is 26.2 cm³/mol. The fourth-order valence-electron chi connectivity index (χ4n) is 0.235. The lowest BCUT2D eigenvalue weighted by Gasteiger charge is -2.10. The first-order chi connectivity index (χ1) is 3.66. The number of hydrogen-bond acceptors (Lipinski definition) is 4. The first kappa shape index (κ1) is 7.84. The predicted octanol–water partition coefficient (Wildman–Crippen LogP) is 0.797. The Morgan fingerprint density at radius 3 is 2.25 bits per heavy atom. The van der Waals surface area contributed by atoms with Gasteiger partial charge in [0.05, 0.1) is 11.5 Å². The number of rotatable bonds is 3. The van der Waals surface area contributed by atoms with Gasteiger partial charge in [-0.05, 0) is 13.3 Å². The molecule has 0 aromatic heterocycles. The van der Waals surface area contributed by atoms with Crippen molar-refractivity contribution in [3.63, 3.8) is 0 Å². The zero-order valence-electron chi connectivity index (χ0n) is 5.03. The summed E-state index contributed by atoms with van der Waals surface area (Å²) in [4.78, 5) is 4.34. The molecule has 0 unspecified atom stereocenters. The zero-order chi connectivity index (χ0) is 6.57. The Kier molecular flexibility index (Phi) is 3.72. The summed E-state index contributed by atoms with van der Waals surface area (Å²) in [6.45, 7) is 3.62. The van der Waals surface area contributed by atoms with Gasteiger partial charge >= 0.3 is 0 Å². The Morgan fingerprint density at radius 2 is 2.12 bits per heavy atom. The third-order valence-corrected chi connectivity index (χ3v) is 0.849. The van der Waals surface area contributed by atoms with Crippen molar-refractivity contribution in [3.8, 4) is 0 Å². The van der Waals surface area contributed by atoms with Crippen molar-refractivity contribution in [1.29, 1.82) is 0 Å². The van der Waals surface area contributed by atoms with E-state index in [1.165, 1.54) is 0 Å². The molecule has 0 amide bonds. The molecule has 0 saturated carbocycles. The first-order valence-electron chi connectivity index (χ1n) is 2.51. The fourth-order valence-corrected chi connectivity index (χ4v) is 0.235. The smallest absolute Gasteiger partial charge is 0.0813 e. The normalized spacial score (nSPS) is 14.6. The molecule has 0 aromatic carbocycles. The second-order valence-corrected chi connectivity index (χ2v) is 1.58. The van der Waals surface area contributed by atoms with Gasteiger partial charge in [0.25, 0.3) is 0 Å². The lowest BCUT2D eigenvalue weighted by molar-refractivity contribution is -0.503. The molecular weight excluding hydrogens is 110 g/mol. The van der Waals surface area contributed by atoms with Crippen LogP contribution in [0.5, 0.6) is 0 Å². The summed E-state index contributed by atoms with van der Waals surface area (Å²) in [5, 5.41) is 15.8. The van der Waals surface area contributed by atoms with E-state index in [4.69, 9.17) is 10.4 Å². The maximum atomic E-state index is 8.02. The van der Waals surface area contributed by atoms with E-state index in [9.17, 15) is 0 Å². The summed E-state index contributed by atoms with van der Waals surface area (Å²) in [5.41, 5.74) is 0. The Morgan fingerprint density at radius 1 is 1.62 bits per heavy atom. The molecule has 50 valence electrons. The molecule has 0 aliphatic carbocycles. The van der Waals surface area contributed by atoms with E-state index < -0.39 is 0 Å². The monoisotopic (exact) mass is 121 g/mol. The Hall–Kier alpha value is -0.160. The average Bonchev–Trinajstić information content (AvgIpc) is 1.65. The second kappa shape index (κ2) is 3.80. The van der Waals surface area contributed by atoms with Crippen LogP contribution in [0.15, 0.2) is 0 Å². The van der Waals surface area contributed by atoms with Crippen molar-refractivity contribution in [2.45, 2.75) is 26.4 Å². The third-order valence-electron chi connectivity index (χ3n) is 0.849. The van der Waals surface area contributed by atoms with Crippen LogP contribution in [0.2, 0.25) is 0 Å². The van der Waals surface area contributed by atoms with Gasteiger partial charge in [0, 0.05) is 0 Å². The van der Waals surface area contributed by atoms with Crippen LogP contribution in [0, 0.1) is 0 Å². The van der Waals surface area contributed by atoms with Crippen molar-refractivity contribution in [1.82, 2.24) is 5.39 Å². The molecule has 0 spiro atoms. The molecule has 0 rings (SSSR count). The zero-order valence-corrected chi connectivity index (χ0v) is 5.03. The highest BCUT2D eigenvalue weighted by Crippen LogP contribution is 1.94. The van der Waals surface area contributed by atoms with Crippen LogP contribution in [0.1, 0.15) is 20.3 Å². The fraction of sp³-hybridized carbons (Fsp3) is 1.00. The van der Waals surface area contributed by atoms with E-state index >= 15 is 0 Å². The van der Waals surface area contributed by atoms with Gasteiger partial charge in [-0.3, -0.25) is 10.4 Å². The SMILES string of the molecule is CC[C@@H](C)ON(O)O. The van der Waals surface area contributed by atoms with Crippen LogP contribution in [0.4, 0.5) is 0 Å². The molecule has 0 fully saturated rings. The summed E-state index contributed by atoms with van der Waals surface area (Å²) in [6.07, 6.45) is 0.599. The molecule has 1 atom stereocenters. The van der Waals surface area contributed by atoms with Gasteiger partial charge in [0.15, 0.2) is 0 Å². The van der Waals surface area contributed by atoms with Crippen LogP contribution >= 0.6 is 0 Å². The third kappa shape index (κ3) is 4.01. The quantitative estimate of drug-likeness (QED) is 0.542. The van der Waals surface area contributed by atoms with Crippen LogP contribution < -0.4 is 0 Å². The second-order valence-electron chi connectivity index (χ2n) is 1.58. The van der Waals surface area contributed by atoms with Crippen LogP contribution in [-0.4, -0.2) is 21.9 Å². The van der Waals surface area contributed by atoms with Gasteiger partial charge in [-0.25, -0.2) is 4.84 Å². The lowest BCUT2D eigenvalue weighted by Crippen LogP contribution is -2.20. The van der Waals surface area contributed by atoms with Gasteiger partial charge in [-0.2, -0.15) is 0 Å². The highest BCUT2D eigenvalue weighted by Gasteiger charge is 2.00. The molecule has 8 heavy (non-hydrogen) atoms. The van der Waals surface area contributed by atoms with E-state index in [1.54, 1.807) is 6.92 Å². The molecule has 0 saturated heterocycles. The molecule has 0 aliphatic rings. The van der Waals surface area contributed by atoms with Crippen molar-refractivity contribution < 1.29 is 15.3 Å². The van der Waals surface area contributed by atoms with E-state index in [0.29, 0.717) is 0 Å². The average molecular weight is 121 g/mol. The molecule has 4 nitrogen and oxygen atoms in total. The molecule has 0 radical (unpaired) electrons. The van der Waals surface area contributed by atoms with Crippen molar-refractivity contribution in [3.05, 3.63) is 0 Å². The summed E-state index contributed by atoms with van der Waals surface area (Å²) in [7, 11) is 0. The Labute approximate surface area is 48.2 Å². The standard InChI is InChI=1S/C4H11NO3/c1-3-4(2)8-5(6)7/h4,6-7H,3H2,1-2H3/t4-/m1/s1. The lowest BCUT2D eigenvalue weighted by atomic mass is 10.3. The van der Waals surface area contributed by atoms with E-state index in [1.807, 2.05) is 6.92 Å². The summed E-state index contributed by atoms with van der Waals surface area (Å²) in [6, 6.07) is 0. The Bertz CT molecular complexity index is 57.2. The van der Waals surface area contributed by atoms with Gasteiger partial charge in [-0.1, -0.05) is 6.92 Å². The largest absolute Gasteiger partial charge is 0.266 e. The van der Waals surface area contributed by atoms with Gasteiger partial charge in [0.2, 0.25) is 0 Å². The minimum absolute atomic E-state index is 0.148. The molecule has 0 heterocycles. The molecule has 2 N–H and O–H groups in total. The Balaban J connectivity index is 3.10. The van der Waals surface area contributed by atoms with E-state index in [2.05, 4.69) is 4.84 Å². The van der Waals surface area contributed by atoms with E-state index in [0.717, 1.165) is 6.42 Å². The summed E-state index contributed by atoms with van der Waals surface area (Å²) in [5.74, 6) is 0. The minimum atomic E-state index is -0.270. The minimum Gasteiger partial charge on any atom is -0.266 e. The number of hydrogen-bond donors (Lipinski definition) is 2. The molecular formula is C4H11NO3. The van der Waals surface area contributed by atoms with Crippen LogP contribution in [0.3, 0.4) is 0 Å². The van der Waals surface area contributed by atoms with E-state index in [-0.39, 0.29) is 11.5 Å². The van der Waals surface area contributed by atoms with Gasteiger partial charge in [0.1, 0.15) is 0 Å². The highest BCUT2D eigenvalue weighted by atomic mass is 17.1. The first-order valence-corrected chi connectivity index (χ1v) is 2.51. The maximum absolute atomic E-state index is 8.02. The van der Waals surface area contributed by atoms with Crippen molar-refractivity contribution >= 4 is 0 Å². The van der Waals surface area contributed by atoms with Crippen LogP contribution in [-0.2, 0) is 4.84 Å². The number of nitrogens with zero attached hydrogens (tertiary/aromatic N) is 1. The summed E-state index contributed by atoms with van der Waals surface area (Å²) >= 11 is 0. The van der Waals surface area contributed by atoms with Crippen molar-refractivity contribution in [2.75, 3.05) is 0 Å². The van der Waals surface area contributed by atoms with Crippen LogP contribution in [0.25, 0.3) is 0 Å². The molecule has 0 aromatic rings. The molecule has 4 heteroatoms. The maximum Gasteiger partial charge on any atom is 0.0813 e. The molecule has 0 bridgehead atoms. The highest BCUT2D eigenvalue weighted by molar-refractivity contribution is 4.38. The van der Waals surface area contributed by atoms with Crippen molar-refractivity contribution in [2.24, 2.45) is 0 Å². The van der Waals surface area contributed by atoms with Gasteiger partial charge in [-0.15, -0.1) is 0 Å².